The number of halogens is 2. The van der Waals surface area contributed by atoms with E-state index in [2.05, 4.69) is 20.1 Å². The predicted molar refractivity (Wildman–Crippen MR) is 113 cm³/mol. The third kappa shape index (κ3) is 3.53. The highest BCUT2D eigenvalue weighted by Gasteiger charge is 2.30. The van der Waals surface area contributed by atoms with Gasteiger partial charge in [0, 0.05) is 36.8 Å². The van der Waals surface area contributed by atoms with Crippen LogP contribution >= 0.6 is 23.7 Å². The Bertz CT molecular complexity index is 1060. The molecule has 1 N–H and O–H groups in total. The number of carbonyl (C=O) groups excluding carboxylic acids is 1. The molecule has 0 aliphatic carbocycles. The number of amides is 1. The molecule has 6 nitrogen and oxygen atoms in total. The molecule has 5 rings (SSSR count). The van der Waals surface area contributed by atoms with Gasteiger partial charge in [0.1, 0.15) is 17.5 Å². The van der Waals surface area contributed by atoms with E-state index >= 15 is 0 Å². The van der Waals surface area contributed by atoms with Crippen LogP contribution in [0.2, 0.25) is 0 Å². The van der Waals surface area contributed by atoms with Gasteiger partial charge in [-0.1, -0.05) is 0 Å². The number of thiophene rings is 1. The van der Waals surface area contributed by atoms with Crippen LogP contribution in [0, 0.1) is 12.7 Å². The Morgan fingerprint density at radius 2 is 2.03 bits per heavy atom. The molecule has 0 saturated carbocycles. The van der Waals surface area contributed by atoms with Crippen LogP contribution < -0.4 is 5.32 Å². The first-order chi connectivity index (χ1) is 13.6. The number of benzene rings is 1. The van der Waals surface area contributed by atoms with Gasteiger partial charge in [-0.25, -0.2) is 4.39 Å². The van der Waals surface area contributed by atoms with Crippen LogP contribution in [0.25, 0.3) is 10.1 Å². The van der Waals surface area contributed by atoms with Gasteiger partial charge in [-0.2, -0.15) is 0 Å². The van der Waals surface area contributed by atoms with Crippen molar-refractivity contribution in [1.82, 2.24) is 25.0 Å². The summed E-state index contributed by atoms with van der Waals surface area (Å²) in [7, 11) is 0. The molecule has 3 aromatic rings. The lowest BCUT2D eigenvalue weighted by molar-refractivity contribution is 0.0714. The average Bonchev–Trinajstić information content (AvgIpc) is 3.29. The molecule has 2 aromatic heterocycles. The van der Waals surface area contributed by atoms with Crippen LogP contribution in [0.1, 0.15) is 45.6 Å². The summed E-state index contributed by atoms with van der Waals surface area (Å²) in [6.45, 7) is 5.97. The van der Waals surface area contributed by atoms with Crippen LogP contribution in [0.15, 0.2) is 18.2 Å². The lowest BCUT2D eigenvalue weighted by Gasteiger charge is -2.32. The second-order valence-electron chi connectivity index (χ2n) is 7.57. The molecule has 154 valence electrons. The number of rotatable bonds is 2. The van der Waals surface area contributed by atoms with Gasteiger partial charge in [0.2, 0.25) is 0 Å². The fraction of sp³-hybridized carbons (Fsp3) is 0.450. The van der Waals surface area contributed by atoms with E-state index in [1.165, 1.54) is 23.5 Å². The normalized spacial score (nSPS) is 17.2. The molecule has 0 atom stereocenters. The number of hydrogen-bond acceptors (Lipinski definition) is 5. The molecule has 0 spiro atoms. The van der Waals surface area contributed by atoms with Crippen molar-refractivity contribution in [3.63, 3.8) is 0 Å². The Hall–Kier alpha value is -2.03. The van der Waals surface area contributed by atoms with Gasteiger partial charge in [0.15, 0.2) is 0 Å². The molecule has 4 heterocycles. The van der Waals surface area contributed by atoms with E-state index in [-0.39, 0.29) is 24.1 Å². The number of nitrogens with zero attached hydrogens (tertiary/aromatic N) is 4. The summed E-state index contributed by atoms with van der Waals surface area (Å²) in [5, 5.41) is 12.9. The molecule has 0 radical (unpaired) electrons. The highest BCUT2D eigenvalue weighted by molar-refractivity contribution is 7.21. The minimum absolute atomic E-state index is 0. The Balaban J connectivity index is 0.00000205. The molecule has 2 aliphatic rings. The zero-order valence-corrected chi connectivity index (χ0v) is 17.8. The molecule has 0 bridgehead atoms. The van der Waals surface area contributed by atoms with E-state index in [1.54, 1.807) is 6.07 Å². The molecule has 2 aliphatic heterocycles. The highest BCUT2D eigenvalue weighted by Crippen LogP contribution is 2.34. The van der Waals surface area contributed by atoms with E-state index in [1.807, 2.05) is 11.8 Å². The van der Waals surface area contributed by atoms with Gasteiger partial charge < -0.3 is 14.8 Å². The maximum absolute atomic E-state index is 13.6. The number of carbonyl (C=O) groups is 1. The summed E-state index contributed by atoms with van der Waals surface area (Å²) < 4.78 is 16.8. The highest BCUT2D eigenvalue weighted by atomic mass is 35.5. The molecule has 0 unspecified atom stereocenters. The van der Waals surface area contributed by atoms with Gasteiger partial charge in [0.25, 0.3) is 5.91 Å². The number of hydrogen-bond donors (Lipinski definition) is 1. The Morgan fingerprint density at radius 3 is 2.83 bits per heavy atom. The van der Waals surface area contributed by atoms with Crippen LogP contribution in [0.4, 0.5) is 4.39 Å². The van der Waals surface area contributed by atoms with Crippen molar-refractivity contribution >= 4 is 39.7 Å². The third-order valence-electron chi connectivity index (χ3n) is 5.89. The first-order valence-electron chi connectivity index (χ1n) is 9.72. The minimum atomic E-state index is -0.264. The molecule has 1 aromatic carbocycles. The van der Waals surface area contributed by atoms with Crippen molar-refractivity contribution < 1.29 is 9.18 Å². The first kappa shape index (κ1) is 20.3. The summed E-state index contributed by atoms with van der Waals surface area (Å²) in [6, 6.07) is 4.73. The minimum Gasteiger partial charge on any atom is -0.338 e. The molecule has 1 fully saturated rings. The largest absolute Gasteiger partial charge is 0.338 e. The lowest BCUT2D eigenvalue weighted by atomic mass is 9.95. The number of fused-ring (bicyclic) bond motifs is 2. The Labute approximate surface area is 178 Å². The standard InChI is InChI=1S/C20H22FN5OS.ClH/c1-12-15-10-14(21)2-3-16(15)28-18(12)20(27)25-7-4-13(5-8-25)19-24-23-17-11-22-6-9-26(17)19;/h2-3,10,13,22H,4-9,11H2,1H3;1H. The van der Waals surface area contributed by atoms with E-state index in [0.717, 1.165) is 64.7 Å². The van der Waals surface area contributed by atoms with Crippen molar-refractivity contribution in [3.8, 4) is 0 Å². The number of aryl methyl sites for hydroxylation is 1. The molecule has 29 heavy (non-hydrogen) atoms. The Morgan fingerprint density at radius 1 is 1.24 bits per heavy atom. The van der Waals surface area contributed by atoms with Gasteiger partial charge in [0.05, 0.1) is 11.4 Å². The summed E-state index contributed by atoms with van der Waals surface area (Å²) in [6.07, 6.45) is 1.80. The zero-order chi connectivity index (χ0) is 19.3. The van der Waals surface area contributed by atoms with Gasteiger partial charge in [-0.15, -0.1) is 33.9 Å². The SMILES string of the molecule is Cc1c(C(=O)N2CCC(c3nnc4n3CCNC4)CC2)sc2ccc(F)cc12.Cl. The van der Waals surface area contributed by atoms with Crippen molar-refractivity contribution in [2.45, 2.75) is 38.8 Å². The van der Waals surface area contributed by atoms with Crippen LogP contribution in [-0.4, -0.2) is 45.2 Å². The quantitative estimate of drug-likeness (QED) is 0.669. The summed E-state index contributed by atoms with van der Waals surface area (Å²) in [5.74, 6) is 2.22. The number of piperidine rings is 1. The number of nitrogens with one attached hydrogen (secondary N) is 1. The van der Waals surface area contributed by atoms with Crippen molar-refractivity contribution in [2.24, 2.45) is 0 Å². The third-order valence-corrected chi connectivity index (χ3v) is 7.15. The van der Waals surface area contributed by atoms with Crippen LogP contribution in [-0.2, 0) is 13.1 Å². The maximum atomic E-state index is 13.6. The fourth-order valence-corrected chi connectivity index (χ4v) is 5.46. The molecular formula is C20H23ClFN5OS. The van der Waals surface area contributed by atoms with E-state index in [0.29, 0.717) is 19.0 Å². The monoisotopic (exact) mass is 435 g/mol. The van der Waals surface area contributed by atoms with Crippen LogP contribution in [0.3, 0.4) is 0 Å². The molecule has 9 heteroatoms. The molecular weight excluding hydrogens is 413 g/mol. The second kappa shape index (κ2) is 8.01. The Kier molecular flexibility index (Phi) is 5.59. The fourth-order valence-electron chi connectivity index (χ4n) is 4.30. The first-order valence-corrected chi connectivity index (χ1v) is 10.5. The maximum Gasteiger partial charge on any atom is 0.264 e. The summed E-state index contributed by atoms with van der Waals surface area (Å²) in [4.78, 5) is 15.8. The summed E-state index contributed by atoms with van der Waals surface area (Å²) in [5.41, 5.74) is 0.880. The number of likely N-dealkylation sites (tertiary alicyclic amines) is 1. The van der Waals surface area contributed by atoms with Crippen molar-refractivity contribution in [1.29, 1.82) is 0 Å². The number of aromatic nitrogens is 3. The van der Waals surface area contributed by atoms with E-state index < -0.39 is 0 Å². The smallest absolute Gasteiger partial charge is 0.264 e. The van der Waals surface area contributed by atoms with E-state index in [4.69, 9.17) is 0 Å². The van der Waals surface area contributed by atoms with Gasteiger partial charge >= 0.3 is 0 Å². The predicted octanol–water partition coefficient (Wildman–Crippen LogP) is 3.49. The van der Waals surface area contributed by atoms with Crippen LogP contribution in [0.5, 0.6) is 0 Å². The molecule has 1 amide bonds. The van der Waals surface area contributed by atoms with E-state index in [9.17, 15) is 9.18 Å². The average molecular weight is 436 g/mol. The van der Waals surface area contributed by atoms with Crippen molar-refractivity contribution in [2.75, 3.05) is 19.6 Å². The lowest BCUT2D eigenvalue weighted by Crippen LogP contribution is -2.38. The van der Waals surface area contributed by atoms with Gasteiger partial charge in [-0.05, 0) is 48.9 Å². The summed E-state index contributed by atoms with van der Waals surface area (Å²) >= 11 is 1.46. The molecule has 1 saturated heterocycles. The second-order valence-corrected chi connectivity index (χ2v) is 8.62. The topological polar surface area (TPSA) is 63.1 Å². The van der Waals surface area contributed by atoms with Crippen molar-refractivity contribution in [3.05, 3.63) is 46.1 Å². The zero-order valence-electron chi connectivity index (χ0n) is 16.2. The van der Waals surface area contributed by atoms with Gasteiger partial charge in [-0.3, -0.25) is 4.79 Å².